The summed E-state index contributed by atoms with van der Waals surface area (Å²) >= 11 is 0. The summed E-state index contributed by atoms with van der Waals surface area (Å²) in [5, 5.41) is 19.1. The normalized spacial score (nSPS) is 20.8. The zero-order valence-electron chi connectivity index (χ0n) is 14.3. The van der Waals surface area contributed by atoms with Crippen molar-refractivity contribution in [3.05, 3.63) is 35.9 Å². The molecule has 5 nitrogen and oxygen atoms in total. The van der Waals surface area contributed by atoms with Crippen LogP contribution in [-0.2, 0) is 11.3 Å². The Morgan fingerprint density at radius 3 is 2.67 bits per heavy atom. The molecule has 1 fully saturated rings. The number of likely N-dealkylation sites (tertiary alicyclic amines) is 1. The van der Waals surface area contributed by atoms with Crippen LogP contribution in [0.4, 0.5) is 4.79 Å². The molecule has 134 valence electrons. The minimum Gasteiger partial charge on any atom is -0.445 e. The van der Waals surface area contributed by atoms with Crippen LogP contribution in [0.15, 0.2) is 30.3 Å². The van der Waals surface area contributed by atoms with Gasteiger partial charge in [-0.05, 0) is 31.2 Å². The molecule has 0 radical (unpaired) electrons. The first-order valence-corrected chi connectivity index (χ1v) is 8.98. The zero-order valence-corrected chi connectivity index (χ0v) is 14.3. The molecule has 1 heterocycles. The van der Waals surface area contributed by atoms with Crippen LogP contribution in [0.3, 0.4) is 0 Å². The molecule has 1 aliphatic rings. The number of rotatable bonds is 8. The summed E-state index contributed by atoms with van der Waals surface area (Å²) < 4.78 is 5.43. The molecular weight excluding hydrogens is 306 g/mol. The average Bonchev–Trinajstić information content (AvgIpc) is 2.61. The van der Waals surface area contributed by atoms with Crippen LogP contribution in [0.1, 0.15) is 50.5 Å². The number of aliphatic hydroxyl groups excluding tert-OH is 2. The number of ether oxygens (including phenoxy) is 1. The highest BCUT2D eigenvalue weighted by Gasteiger charge is 2.33. The molecule has 0 aromatic heterocycles. The van der Waals surface area contributed by atoms with E-state index in [1.54, 1.807) is 4.90 Å². The predicted molar refractivity (Wildman–Crippen MR) is 92.5 cm³/mol. The number of piperidine rings is 1. The average molecular weight is 335 g/mol. The number of aliphatic hydroxyl groups is 2. The van der Waals surface area contributed by atoms with Crippen LogP contribution >= 0.6 is 0 Å². The Kier molecular flexibility index (Phi) is 8.05. The van der Waals surface area contributed by atoms with Gasteiger partial charge in [-0.2, -0.15) is 0 Å². The monoisotopic (exact) mass is 335 g/mol. The van der Waals surface area contributed by atoms with E-state index in [4.69, 9.17) is 9.84 Å². The molecule has 5 heteroatoms. The second-order valence-electron chi connectivity index (χ2n) is 6.44. The fourth-order valence-electron chi connectivity index (χ4n) is 3.23. The van der Waals surface area contributed by atoms with Gasteiger partial charge < -0.3 is 19.8 Å². The molecule has 0 bridgehead atoms. The second-order valence-corrected chi connectivity index (χ2v) is 6.44. The standard InChI is InChI=1S/C19H29NO4/c21-14-7-2-1-6-11-17-18(22)12-8-13-20(17)19(23)24-15-16-9-4-3-5-10-16/h3-5,9-10,17-18,21-22H,1-2,6-8,11-15H2/t17-,18+/m1/s1. The maximum absolute atomic E-state index is 12.4. The molecule has 0 saturated carbocycles. The van der Waals surface area contributed by atoms with Crippen LogP contribution in [-0.4, -0.2) is 46.5 Å². The Hall–Kier alpha value is -1.59. The van der Waals surface area contributed by atoms with E-state index in [1.165, 1.54) is 0 Å². The van der Waals surface area contributed by atoms with Gasteiger partial charge in [-0.25, -0.2) is 4.79 Å². The molecule has 2 atom stereocenters. The van der Waals surface area contributed by atoms with E-state index < -0.39 is 6.10 Å². The number of hydrogen-bond donors (Lipinski definition) is 2. The lowest BCUT2D eigenvalue weighted by Gasteiger charge is -2.38. The first kappa shape index (κ1) is 18.7. The highest BCUT2D eigenvalue weighted by atomic mass is 16.6. The van der Waals surface area contributed by atoms with Crippen LogP contribution in [0.5, 0.6) is 0 Å². The summed E-state index contributed by atoms with van der Waals surface area (Å²) in [4.78, 5) is 14.1. The van der Waals surface area contributed by atoms with E-state index in [1.807, 2.05) is 30.3 Å². The third-order valence-corrected chi connectivity index (χ3v) is 4.59. The Labute approximate surface area is 144 Å². The Morgan fingerprint density at radius 2 is 1.92 bits per heavy atom. The smallest absolute Gasteiger partial charge is 0.410 e. The van der Waals surface area contributed by atoms with Crippen LogP contribution in [0, 0.1) is 0 Å². The van der Waals surface area contributed by atoms with Gasteiger partial charge in [-0.15, -0.1) is 0 Å². The summed E-state index contributed by atoms with van der Waals surface area (Å²) in [6.45, 7) is 1.13. The number of benzene rings is 1. The zero-order chi connectivity index (χ0) is 17.2. The summed E-state index contributed by atoms with van der Waals surface area (Å²) in [7, 11) is 0. The van der Waals surface area contributed by atoms with E-state index in [-0.39, 0.29) is 25.3 Å². The molecule has 1 saturated heterocycles. The summed E-state index contributed by atoms with van der Waals surface area (Å²) in [6, 6.07) is 9.47. The van der Waals surface area contributed by atoms with Gasteiger partial charge in [0.1, 0.15) is 6.61 Å². The predicted octanol–water partition coefficient (Wildman–Crippen LogP) is 3.09. The Balaban J connectivity index is 1.83. The van der Waals surface area contributed by atoms with Gasteiger partial charge in [0.15, 0.2) is 0 Å². The van der Waals surface area contributed by atoms with E-state index in [2.05, 4.69) is 0 Å². The molecule has 2 rings (SSSR count). The van der Waals surface area contributed by atoms with Gasteiger partial charge in [-0.1, -0.05) is 49.6 Å². The van der Waals surface area contributed by atoms with Crippen molar-refractivity contribution in [2.45, 2.75) is 63.7 Å². The molecule has 0 unspecified atom stereocenters. The van der Waals surface area contributed by atoms with Gasteiger partial charge in [0.05, 0.1) is 12.1 Å². The number of unbranched alkanes of at least 4 members (excludes halogenated alkanes) is 3. The molecule has 1 aliphatic heterocycles. The second kappa shape index (κ2) is 10.3. The molecule has 24 heavy (non-hydrogen) atoms. The molecule has 1 amide bonds. The largest absolute Gasteiger partial charge is 0.445 e. The quantitative estimate of drug-likeness (QED) is 0.716. The molecule has 0 spiro atoms. The summed E-state index contributed by atoms with van der Waals surface area (Å²) in [5.74, 6) is 0. The van der Waals surface area contributed by atoms with Crippen molar-refractivity contribution >= 4 is 6.09 Å². The van der Waals surface area contributed by atoms with Gasteiger partial charge in [-0.3, -0.25) is 0 Å². The highest BCUT2D eigenvalue weighted by Crippen LogP contribution is 2.23. The lowest BCUT2D eigenvalue weighted by Crippen LogP contribution is -2.51. The van der Waals surface area contributed by atoms with E-state index in [0.717, 1.165) is 50.5 Å². The number of nitrogens with zero attached hydrogens (tertiary/aromatic N) is 1. The van der Waals surface area contributed by atoms with Crippen molar-refractivity contribution in [2.24, 2.45) is 0 Å². The van der Waals surface area contributed by atoms with Crippen molar-refractivity contribution < 1.29 is 19.7 Å². The molecule has 1 aromatic rings. The summed E-state index contributed by atoms with van der Waals surface area (Å²) in [6.07, 6.45) is 5.28. The van der Waals surface area contributed by atoms with Gasteiger partial charge >= 0.3 is 6.09 Å². The molecule has 2 N–H and O–H groups in total. The molecule has 0 aliphatic carbocycles. The number of hydrogen-bond acceptors (Lipinski definition) is 4. The lowest BCUT2D eigenvalue weighted by molar-refractivity contribution is -0.000539. The first-order valence-electron chi connectivity index (χ1n) is 8.98. The van der Waals surface area contributed by atoms with Gasteiger partial charge in [0, 0.05) is 13.2 Å². The van der Waals surface area contributed by atoms with Crippen LogP contribution < -0.4 is 0 Å². The highest BCUT2D eigenvalue weighted by molar-refractivity contribution is 5.68. The van der Waals surface area contributed by atoms with E-state index in [9.17, 15) is 9.90 Å². The van der Waals surface area contributed by atoms with Crippen molar-refractivity contribution in [1.82, 2.24) is 4.90 Å². The minimum absolute atomic E-state index is 0.156. The Bertz CT molecular complexity index is 480. The van der Waals surface area contributed by atoms with Crippen molar-refractivity contribution in [1.29, 1.82) is 0 Å². The number of carbonyl (C=O) groups is 1. The topological polar surface area (TPSA) is 70.0 Å². The van der Waals surface area contributed by atoms with E-state index in [0.29, 0.717) is 6.54 Å². The molecular formula is C19H29NO4. The fraction of sp³-hybridized carbons (Fsp3) is 0.632. The molecule has 1 aromatic carbocycles. The van der Waals surface area contributed by atoms with Crippen LogP contribution in [0.2, 0.25) is 0 Å². The van der Waals surface area contributed by atoms with E-state index >= 15 is 0 Å². The number of carbonyl (C=O) groups excluding carboxylic acids is 1. The van der Waals surface area contributed by atoms with Crippen molar-refractivity contribution in [3.63, 3.8) is 0 Å². The third-order valence-electron chi connectivity index (χ3n) is 4.59. The maximum atomic E-state index is 12.4. The lowest BCUT2D eigenvalue weighted by atomic mass is 9.94. The van der Waals surface area contributed by atoms with Gasteiger partial charge in [0.2, 0.25) is 0 Å². The maximum Gasteiger partial charge on any atom is 0.410 e. The Morgan fingerprint density at radius 1 is 1.17 bits per heavy atom. The van der Waals surface area contributed by atoms with Gasteiger partial charge in [0.25, 0.3) is 0 Å². The first-order chi connectivity index (χ1) is 11.7. The SMILES string of the molecule is O=C(OCc1ccccc1)N1CCC[C@H](O)[C@H]1CCCCCCO. The minimum atomic E-state index is -0.471. The van der Waals surface area contributed by atoms with Crippen molar-refractivity contribution in [3.8, 4) is 0 Å². The third kappa shape index (κ3) is 5.80. The fourth-order valence-corrected chi connectivity index (χ4v) is 3.23. The van der Waals surface area contributed by atoms with Crippen LogP contribution in [0.25, 0.3) is 0 Å². The van der Waals surface area contributed by atoms with Crippen molar-refractivity contribution in [2.75, 3.05) is 13.2 Å². The summed E-state index contributed by atoms with van der Waals surface area (Å²) in [5.41, 5.74) is 0.962. The number of amides is 1.